The van der Waals surface area contributed by atoms with Crippen LogP contribution in [-0.4, -0.2) is 61.5 Å². The summed E-state index contributed by atoms with van der Waals surface area (Å²) in [5.74, 6) is 0.333. The lowest BCUT2D eigenvalue weighted by molar-refractivity contribution is -0.133. The maximum absolute atomic E-state index is 12.5. The van der Waals surface area contributed by atoms with Crippen LogP contribution >= 0.6 is 0 Å². The second-order valence-corrected chi connectivity index (χ2v) is 7.18. The third kappa shape index (κ3) is 3.01. The van der Waals surface area contributed by atoms with E-state index in [0.717, 1.165) is 26.2 Å². The zero-order chi connectivity index (χ0) is 14.0. The first-order chi connectivity index (χ1) is 9.69. The van der Waals surface area contributed by atoms with Crippen LogP contribution in [0.4, 0.5) is 0 Å². The van der Waals surface area contributed by atoms with E-state index in [1.165, 1.54) is 44.9 Å². The number of likely N-dealkylation sites (tertiary alicyclic amines) is 1. The van der Waals surface area contributed by atoms with E-state index in [0.29, 0.717) is 23.9 Å². The molecule has 2 heterocycles. The fourth-order valence-corrected chi connectivity index (χ4v) is 4.28. The van der Waals surface area contributed by atoms with Crippen LogP contribution in [0, 0.1) is 5.41 Å². The van der Waals surface area contributed by atoms with Crippen molar-refractivity contribution in [3.05, 3.63) is 0 Å². The lowest BCUT2D eigenvalue weighted by atomic mass is 9.87. The topological polar surface area (TPSA) is 35.6 Å². The van der Waals surface area contributed by atoms with Gasteiger partial charge in [-0.15, -0.1) is 0 Å². The maximum Gasteiger partial charge on any atom is 0.236 e. The second kappa shape index (κ2) is 6.02. The Morgan fingerprint density at radius 2 is 2.10 bits per heavy atom. The normalized spacial score (nSPS) is 32.0. The number of carbonyl (C=O) groups is 1. The summed E-state index contributed by atoms with van der Waals surface area (Å²) in [5, 5.41) is 3.48. The zero-order valence-corrected chi connectivity index (χ0v) is 12.9. The summed E-state index contributed by atoms with van der Waals surface area (Å²) in [5.41, 5.74) is 0.476. The van der Waals surface area contributed by atoms with Gasteiger partial charge in [0, 0.05) is 26.2 Å². The standard InChI is InChI=1S/C16H29N3O/c1-18(14-5-3-2-4-6-14)15(20)11-19-10-8-16(13-19)7-9-17-12-16/h14,17H,2-13H2,1H3. The molecule has 0 radical (unpaired) electrons. The van der Waals surface area contributed by atoms with Crippen molar-refractivity contribution >= 4 is 5.91 Å². The molecule has 2 aliphatic heterocycles. The van der Waals surface area contributed by atoms with Gasteiger partial charge in [0.05, 0.1) is 6.54 Å². The first kappa shape index (κ1) is 14.3. The Morgan fingerprint density at radius 3 is 2.80 bits per heavy atom. The molecule has 2 saturated heterocycles. The fourth-order valence-electron chi connectivity index (χ4n) is 4.28. The summed E-state index contributed by atoms with van der Waals surface area (Å²) >= 11 is 0. The Bertz CT molecular complexity index is 346. The number of hydrogen-bond acceptors (Lipinski definition) is 3. The number of hydrogen-bond donors (Lipinski definition) is 1. The molecule has 1 spiro atoms. The molecule has 3 aliphatic rings. The van der Waals surface area contributed by atoms with Crippen molar-refractivity contribution < 1.29 is 4.79 Å². The number of nitrogens with zero attached hydrogens (tertiary/aromatic N) is 2. The molecule has 0 aromatic carbocycles. The number of carbonyl (C=O) groups excluding carboxylic acids is 1. The highest BCUT2D eigenvalue weighted by molar-refractivity contribution is 5.78. The van der Waals surface area contributed by atoms with Crippen LogP contribution in [0.1, 0.15) is 44.9 Å². The Hall–Kier alpha value is -0.610. The molecule has 1 atom stereocenters. The number of amides is 1. The third-order valence-electron chi connectivity index (χ3n) is 5.72. The van der Waals surface area contributed by atoms with Gasteiger partial charge in [0.1, 0.15) is 0 Å². The molecule has 4 heteroatoms. The van der Waals surface area contributed by atoms with E-state index in [2.05, 4.69) is 10.2 Å². The summed E-state index contributed by atoms with van der Waals surface area (Å²) in [6, 6.07) is 0.501. The first-order valence-electron chi connectivity index (χ1n) is 8.37. The molecule has 4 nitrogen and oxygen atoms in total. The third-order valence-corrected chi connectivity index (χ3v) is 5.72. The molecule has 0 bridgehead atoms. The van der Waals surface area contributed by atoms with Crippen molar-refractivity contribution in [1.29, 1.82) is 0 Å². The molecule has 1 aliphatic carbocycles. The predicted molar refractivity (Wildman–Crippen MR) is 80.6 cm³/mol. The number of nitrogens with one attached hydrogen (secondary N) is 1. The van der Waals surface area contributed by atoms with Crippen LogP contribution in [-0.2, 0) is 4.79 Å². The van der Waals surface area contributed by atoms with Crippen molar-refractivity contribution in [2.24, 2.45) is 5.41 Å². The summed E-state index contributed by atoms with van der Waals surface area (Å²) < 4.78 is 0. The predicted octanol–water partition coefficient (Wildman–Crippen LogP) is 1.46. The SMILES string of the molecule is CN(C(=O)CN1CCC2(CCNC2)C1)C1CCCCC1. The molecule has 0 aromatic rings. The van der Waals surface area contributed by atoms with Crippen LogP contribution in [0.5, 0.6) is 0 Å². The molecule has 3 rings (SSSR count). The first-order valence-corrected chi connectivity index (χ1v) is 8.37. The quantitative estimate of drug-likeness (QED) is 0.849. The second-order valence-electron chi connectivity index (χ2n) is 7.18. The van der Waals surface area contributed by atoms with Crippen LogP contribution in [0.25, 0.3) is 0 Å². The minimum atomic E-state index is 0.333. The maximum atomic E-state index is 12.5. The van der Waals surface area contributed by atoms with Gasteiger partial charge in [0.25, 0.3) is 0 Å². The highest BCUT2D eigenvalue weighted by Crippen LogP contribution is 2.35. The molecule has 20 heavy (non-hydrogen) atoms. The molecule has 1 saturated carbocycles. The summed E-state index contributed by atoms with van der Waals surface area (Å²) in [7, 11) is 2.02. The van der Waals surface area contributed by atoms with E-state index in [-0.39, 0.29) is 0 Å². The molecule has 1 amide bonds. The van der Waals surface area contributed by atoms with Gasteiger partial charge in [-0.1, -0.05) is 19.3 Å². The van der Waals surface area contributed by atoms with Gasteiger partial charge < -0.3 is 10.2 Å². The number of likely N-dealkylation sites (N-methyl/N-ethyl adjacent to an activating group) is 1. The Balaban J connectivity index is 1.49. The van der Waals surface area contributed by atoms with E-state index in [4.69, 9.17) is 0 Å². The molecular weight excluding hydrogens is 250 g/mol. The fraction of sp³-hybridized carbons (Fsp3) is 0.938. The Morgan fingerprint density at radius 1 is 1.30 bits per heavy atom. The van der Waals surface area contributed by atoms with Crippen molar-refractivity contribution in [2.75, 3.05) is 39.8 Å². The molecular formula is C16H29N3O. The van der Waals surface area contributed by atoms with E-state index >= 15 is 0 Å². The monoisotopic (exact) mass is 279 g/mol. The highest BCUT2D eigenvalue weighted by atomic mass is 16.2. The van der Waals surface area contributed by atoms with Gasteiger partial charge in [-0.05, 0) is 44.2 Å². The van der Waals surface area contributed by atoms with Gasteiger partial charge >= 0.3 is 0 Å². The van der Waals surface area contributed by atoms with Crippen LogP contribution in [0.3, 0.4) is 0 Å². The summed E-state index contributed by atoms with van der Waals surface area (Å²) in [6.45, 7) is 5.16. The van der Waals surface area contributed by atoms with Gasteiger partial charge in [-0.3, -0.25) is 9.69 Å². The minimum Gasteiger partial charge on any atom is -0.342 e. The van der Waals surface area contributed by atoms with E-state index in [1.807, 2.05) is 11.9 Å². The highest BCUT2D eigenvalue weighted by Gasteiger charge is 2.40. The summed E-state index contributed by atoms with van der Waals surface area (Å²) in [6.07, 6.45) is 8.89. The van der Waals surface area contributed by atoms with Gasteiger partial charge in [0.15, 0.2) is 0 Å². The Labute approximate surface area is 122 Å². The van der Waals surface area contributed by atoms with Gasteiger partial charge in [-0.25, -0.2) is 0 Å². The molecule has 1 unspecified atom stereocenters. The summed E-state index contributed by atoms with van der Waals surface area (Å²) in [4.78, 5) is 16.9. The van der Waals surface area contributed by atoms with E-state index in [9.17, 15) is 4.79 Å². The van der Waals surface area contributed by atoms with Crippen molar-refractivity contribution in [3.63, 3.8) is 0 Å². The van der Waals surface area contributed by atoms with Gasteiger partial charge in [-0.2, -0.15) is 0 Å². The Kier molecular flexibility index (Phi) is 4.32. The van der Waals surface area contributed by atoms with Crippen molar-refractivity contribution in [3.8, 4) is 0 Å². The average molecular weight is 279 g/mol. The smallest absolute Gasteiger partial charge is 0.236 e. The van der Waals surface area contributed by atoms with Crippen molar-refractivity contribution in [2.45, 2.75) is 51.0 Å². The van der Waals surface area contributed by atoms with Crippen LogP contribution < -0.4 is 5.32 Å². The van der Waals surface area contributed by atoms with Crippen LogP contribution in [0.2, 0.25) is 0 Å². The molecule has 3 fully saturated rings. The lowest BCUT2D eigenvalue weighted by Crippen LogP contribution is -2.44. The molecule has 0 aromatic heterocycles. The minimum absolute atomic E-state index is 0.333. The molecule has 1 N–H and O–H groups in total. The van der Waals surface area contributed by atoms with E-state index in [1.54, 1.807) is 0 Å². The largest absolute Gasteiger partial charge is 0.342 e. The zero-order valence-electron chi connectivity index (χ0n) is 12.9. The van der Waals surface area contributed by atoms with Crippen LogP contribution in [0.15, 0.2) is 0 Å². The molecule has 114 valence electrons. The lowest BCUT2D eigenvalue weighted by Gasteiger charge is -2.32. The average Bonchev–Trinajstić information content (AvgIpc) is 3.09. The van der Waals surface area contributed by atoms with Crippen molar-refractivity contribution in [1.82, 2.24) is 15.1 Å². The number of rotatable bonds is 3. The van der Waals surface area contributed by atoms with E-state index < -0.39 is 0 Å². The van der Waals surface area contributed by atoms with Gasteiger partial charge in [0.2, 0.25) is 5.91 Å².